The maximum atomic E-state index is 12.0. The van der Waals surface area contributed by atoms with Gasteiger partial charge in [-0.15, -0.1) is 16.3 Å². The van der Waals surface area contributed by atoms with Crippen LogP contribution in [0, 0.1) is 5.41 Å². The maximum absolute atomic E-state index is 12.0. The van der Waals surface area contributed by atoms with Gasteiger partial charge in [-0.1, -0.05) is 0 Å². The average Bonchev–Trinajstić information content (AvgIpc) is 2.45. The fraction of sp³-hybridized carbons (Fsp3) is 1.00. The van der Waals surface area contributed by atoms with Gasteiger partial charge in [0.1, 0.15) is 0 Å². The van der Waals surface area contributed by atoms with Crippen LogP contribution in [-0.2, 0) is 10.2 Å². The van der Waals surface area contributed by atoms with Gasteiger partial charge in [-0.3, -0.25) is 0 Å². The average molecular weight is 204 g/mol. The van der Waals surface area contributed by atoms with E-state index in [0.717, 1.165) is 12.8 Å². The molecule has 1 saturated carbocycles. The van der Waals surface area contributed by atoms with Crippen molar-refractivity contribution in [1.82, 2.24) is 0 Å². The van der Waals surface area contributed by atoms with E-state index in [1.54, 1.807) is 0 Å². The number of hydrogen-bond donors (Lipinski definition) is 1. The number of rotatable bonds is 3. The van der Waals surface area contributed by atoms with Gasteiger partial charge in [-0.25, -0.2) is 0 Å². The molecule has 0 heterocycles. The lowest BCUT2D eigenvalue weighted by molar-refractivity contribution is 0.514. The molecule has 0 atom stereocenters. The van der Waals surface area contributed by atoms with E-state index in [0.29, 0.717) is 0 Å². The van der Waals surface area contributed by atoms with Gasteiger partial charge < -0.3 is 5.73 Å². The van der Waals surface area contributed by atoms with Crippen LogP contribution < -0.4 is 5.73 Å². The van der Waals surface area contributed by atoms with Gasteiger partial charge in [0, 0.05) is 0 Å². The highest BCUT2D eigenvalue weighted by Crippen LogP contribution is 2.45. The summed E-state index contributed by atoms with van der Waals surface area (Å²) >= 11 is 0. The minimum absolute atomic E-state index is 0. The van der Waals surface area contributed by atoms with Crippen molar-refractivity contribution >= 4 is 22.6 Å². The Morgan fingerprint density at radius 1 is 1.45 bits per heavy atom. The molecule has 2 N–H and O–H groups in total. The van der Waals surface area contributed by atoms with E-state index in [1.165, 1.54) is 0 Å². The Morgan fingerprint density at radius 2 is 1.91 bits per heavy atom. The van der Waals surface area contributed by atoms with Crippen LogP contribution in [0.15, 0.2) is 0 Å². The zero-order valence-corrected chi connectivity index (χ0v) is 7.55. The van der Waals surface area contributed by atoms with Gasteiger partial charge in [0.05, 0.1) is 5.75 Å². The molecule has 0 aromatic heterocycles. The molecular formula is C5H11ClFNO2S. The summed E-state index contributed by atoms with van der Waals surface area (Å²) in [5.41, 5.74) is 4.84. The van der Waals surface area contributed by atoms with Gasteiger partial charge in [0.2, 0.25) is 0 Å². The first-order valence-corrected chi connectivity index (χ1v) is 4.65. The molecule has 6 heteroatoms. The van der Waals surface area contributed by atoms with Crippen LogP contribution in [-0.4, -0.2) is 20.7 Å². The molecule has 0 amide bonds. The largest absolute Gasteiger partial charge is 0.330 e. The summed E-state index contributed by atoms with van der Waals surface area (Å²) in [7, 11) is -4.31. The first-order chi connectivity index (χ1) is 4.47. The van der Waals surface area contributed by atoms with E-state index in [1.807, 2.05) is 0 Å². The van der Waals surface area contributed by atoms with Crippen molar-refractivity contribution < 1.29 is 12.3 Å². The molecule has 0 aromatic carbocycles. The van der Waals surface area contributed by atoms with Crippen molar-refractivity contribution in [2.45, 2.75) is 12.8 Å². The summed E-state index contributed by atoms with van der Waals surface area (Å²) in [6.45, 7) is 0.274. The predicted molar refractivity (Wildman–Crippen MR) is 42.9 cm³/mol. The fourth-order valence-electron chi connectivity index (χ4n) is 0.950. The van der Waals surface area contributed by atoms with E-state index < -0.39 is 21.4 Å². The lowest BCUT2D eigenvalue weighted by atomic mass is 10.1. The monoisotopic (exact) mass is 203 g/mol. The lowest BCUT2D eigenvalue weighted by Crippen LogP contribution is -2.22. The molecule has 68 valence electrons. The Hall–Kier alpha value is 0.130. The van der Waals surface area contributed by atoms with E-state index >= 15 is 0 Å². The first kappa shape index (κ1) is 11.1. The predicted octanol–water partition coefficient (Wildman–Crippen LogP) is 0.446. The minimum Gasteiger partial charge on any atom is -0.330 e. The number of nitrogens with two attached hydrogens (primary N) is 1. The molecule has 0 spiro atoms. The van der Waals surface area contributed by atoms with Crippen LogP contribution in [0.3, 0.4) is 0 Å². The number of halogens is 2. The third-order valence-electron chi connectivity index (χ3n) is 1.87. The number of hydrogen-bond acceptors (Lipinski definition) is 3. The first-order valence-electron chi connectivity index (χ1n) is 3.10. The SMILES string of the molecule is Cl.NCC1(CS(=O)(=O)F)CC1. The molecule has 1 aliphatic rings. The Bertz CT molecular complexity index is 225. The van der Waals surface area contributed by atoms with E-state index in [2.05, 4.69) is 0 Å². The topological polar surface area (TPSA) is 60.2 Å². The summed E-state index contributed by atoms with van der Waals surface area (Å²) < 4.78 is 32.3. The van der Waals surface area contributed by atoms with Crippen LogP contribution in [0.25, 0.3) is 0 Å². The summed E-state index contributed by atoms with van der Waals surface area (Å²) in [4.78, 5) is 0. The van der Waals surface area contributed by atoms with Crippen molar-refractivity contribution in [3.05, 3.63) is 0 Å². The van der Waals surface area contributed by atoms with Gasteiger partial charge in [-0.2, -0.15) is 8.42 Å². The van der Waals surface area contributed by atoms with Crippen LogP contribution in [0.5, 0.6) is 0 Å². The van der Waals surface area contributed by atoms with Crippen molar-refractivity contribution in [2.75, 3.05) is 12.3 Å². The molecule has 1 fully saturated rings. The molecule has 1 rings (SSSR count). The smallest absolute Gasteiger partial charge is 0.303 e. The quantitative estimate of drug-likeness (QED) is 0.678. The van der Waals surface area contributed by atoms with Crippen LogP contribution in [0.1, 0.15) is 12.8 Å². The van der Waals surface area contributed by atoms with Crippen molar-refractivity contribution in [1.29, 1.82) is 0 Å². The molecule has 1 aliphatic carbocycles. The second kappa shape index (κ2) is 3.25. The second-order valence-corrected chi connectivity index (χ2v) is 4.25. The summed E-state index contributed by atoms with van der Waals surface area (Å²) in [6.07, 6.45) is 1.49. The summed E-state index contributed by atoms with van der Waals surface area (Å²) in [5.74, 6) is -0.392. The summed E-state index contributed by atoms with van der Waals surface area (Å²) in [6, 6.07) is 0. The van der Waals surface area contributed by atoms with Crippen LogP contribution in [0.2, 0.25) is 0 Å². The zero-order valence-electron chi connectivity index (χ0n) is 5.92. The molecule has 0 aromatic rings. The molecule has 0 bridgehead atoms. The maximum Gasteiger partial charge on any atom is 0.303 e. The Labute approximate surface area is 71.8 Å². The molecule has 0 unspecified atom stereocenters. The highest BCUT2D eigenvalue weighted by atomic mass is 35.5. The van der Waals surface area contributed by atoms with E-state index in [9.17, 15) is 12.3 Å². The second-order valence-electron chi connectivity index (χ2n) is 2.89. The highest BCUT2D eigenvalue weighted by Gasteiger charge is 2.45. The van der Waals surface area contributed by atoms with Crippen molar-refractivity contribution in [3.63, 3.8) is 0 Å². The Morgan fingerprint density at radius 3 is 2.00 bits per heavy atom. The Balaban J connectivity index is 0.000001000. The van der Waals surface area contributed by atoms with Gasteiger partial charge in [0.15, 0.2) is 0 Å². The van der Waals surface area contributed by atoms with Crippen molar-refractivity contribution in [2.24, 2.45) is 11.1 Å². The zero-order chi connectivity index (χ0) is 7.83. The third-order valence-corrected chi connectivity index (χ3v) is 2.83. The van der Waals surface area contributed by atoms with Gasteiger partial charge in [-0.05, 0) is 24.8 Å². The molecule has 3 nitrogen and oxygen atoms in total. The Kier molecular flexibility index (Phi) is 3.28. The molecule has 0 saturated heterocycles. The minimum atomic E-state index is -4.31. The van der Waals surface area contributed by atoms with Crippen molar-refractivity contribution in [3.8, 4) is 0 Å². The molecule has 11 heavy (non-hydrogen) atoms. The highest BCUT2D eigenvalue weighted by molar-refractivity contribution is 7.86. The van der Waals surface area contributed by atoms with E-state index in [4.69, 9.17) is 5.73 Å². The van der Waals surface area contributed by atoms with Crippen LogP contribution in [0.4, 0.5) is 3.89 Å². The van der Waals surface area contributed by atoms with Gasteiger partial charge >= 0.3 is 10.2 Å². The third kappa shape index (κ3) is 3.35. The van der Waals surface area contributed by atoms with Crippen LogP contribution >= 0.6 is 12.4 Å². The molecular weight excluding hydrogens is 193 g/mol. The normalized spacial score (nSPS) is 20.5. The van der Waals surface area contributed by atoms with Gasteiger partial charge in [0.25, 0.3) is 0 Å². The van der Waals surface area contributed by atoms with E-state index in [-0.39, 0.29) is 19.0 Å². The lowest BCUT2D eigenvalue weighted by Gasteiger charge is -2.06. The molecule has 0 aliphatic heterocycles. The fourth-order valence-corrected chi connectivity index (χ4v) is 2.09. The summed E-state index contributed by atoms with van der Waals surface area (Å²) in [5, 5.41) is 0. The standard InChI is InChI=1S/C5H10FNO2S.ClH/c6-10(8,9)4-5(3-7)1-2-5;/h1-4,7H2;1H. The molecule has 0 radical (unpaired) electrons.